The lowest BCUT2D eigenvalue weighted by molar-refractivity contribution is -0.143. The molecule has 1 saturated carbocycles. The van der Waals surface area contributed by atoms with Gasteiger partial charge in [0.05, 0.1) is 12.5 Å². The van der Waals surface area contributed by atoms with Gasteiger partial charge in [-0.1, -0.05) is 36.4 Å². The fraction of sp³-hybridized carbons (Fsp3) is 0.517. The Hall–Kier alpha value is -3.02. The van der Waals surface area contributed by atoms with Crippen molar-refractivity contribution in [3.63, 3.8) is 0 Å². The third kappa shape index (κ3) is 7.23. The normalized spacial score (nSPS) is 18.8. The number of amides is 1. The predicted molar refractivity (Wildman–Crippen MR) is 135 cm³/mol. The number of aliphatic carboxylic acids is 1. The molecular weight excluding hydrogens is 442 g/mol. The van der Waals surface area contributed by atoms with E-state index in [0.29, 0.717) is 32.5 Å². The maximum atomic E-state index is 12.4. The first kappa shape index (κ1) is 25.1. The van der Waals surface area contributed by atoms with Gasteiger partial charge in [-0.2, -0.15) is 0 Å². The molecule has 1 N–H and O–H groups in total. The molecule has 188 valence electrons. The fourth-order valence-corrected chi connectivity index (χ4v) is 4.79. The van der Waals surface area contributed by atoms with E-state index in [-0.39, 0.29) is 12.0 Å². The summed E-state index contributed by atoms with van der Waals surface area (Å²) in [6.07, 6.45) is 4.12. The van der Waals surface area contributed by atoms with E-state index < -0.39 is 17.5 Å². The van der Waals surface area contributed by atoms with Gasteiger partial charge < -0.3 is 19.5 Å². The van der Waals surface area contributed by atoms with Gasteiger partial charge in [0.25, 0.3) is 0 Å². The summed E-state index contributed by atoms with van der Waals surface area (Å²) in [6, 6.07) is 16.5. The molecule has 2 fully saturated rings. The third-order valence-corrected chi connectivity index (χ3v) is 6.78. The molecule has 2 aliphatic rings. The number of hydrogen-bond donors (Lipinski definition) is 1. The molecule has 6 nitrogen and oxygen atoms in total. The van der Waals surface area contributed by atoms with Gasteiger partial charge in [0.2, 0.25) is 0 Å². The minimum absolute atomic E-state index is 0.108. The number of likely N-dealkylation sites (tertiary alicyclic amines) is 1. The van der Waals surface area contributed by atoms with Crippen molar-refractivity contribution in [1.29, 1.82) is 0 Å². The Morgan fingerprint density at radius 2 is 1.80 bits per heavy atom. The van der Waals surface area contributed by atoms with E-state index in [1.54, 1.807) is 4.90 Å². The van der Waals surface area contributed by atoms with Crippen LogP contribution in [0.1, 0.15) is 62.6 Å². The van der Waals surface area contributed by atoms with Crippen molar-refractivity contribution in [1.82, 2.24) is 4.90 Å². The molecule has 6 heteroatoms. The highest BCUT2D eigenvalue weighted by Crippen LogP contribution is 2.40. The van der Waals surface area contributed by atoms with E-state index in [9.17, 15) is 14.7 Å². The number of ether oxygens (including phenoxy) is 2. The lowest BCUT2D eigenvalue weighted by Crippen LogP contribution is -2.36. The van der Waals surface area contributed by atoms with Crippen LogP contribution in [0.2, 0.25) is 0 Å². The summed E-state index contributed by atoms with van der Waals surface area (Å²) < 4.78 is 11.5. The largest absolute Gasteiger partial charge is 0.493 e. The number of rotatable bonds is 9. The summed E-state index contributed by atoms with van der Waals surface area (Å²) in [6.45, 7) is 7.00. The van der Waals surface area contributed by atoms with Crippen molar-refractivity contribution >= 4 is 12.1 Å². The topological polar surface area (TPSA) is 76.1 Å². The first-order valence-corrected chi connectivity index (χ1v) is 12.7. The highest BCUT2D eigenvalue weighted by Gasteiger charge is 2.37. The maximum Gasteiger partial charge on any atom is 0.410 e. The predicted octanol–water partition coefficient (Wildman–Crippen LogP) is 5.69. The average molecular weight is 480 g/mol. The first-order valence-electron chi connectivity index (χ1n) is 12.7. The molecule has 0 spiro atoms. The Kier molecular flexibility index (Phi) is 7.68. The van der Waals surface area contributed by atoms with Crippen LogP contribution in [0.25, 0.3) is 0 Å². The monoisotopic (exact) mass is 479 g/mol. The quantitative estimate of drug-likeness (QED) is 0.500. The summed E-state index contributed by atoms with van der Waals surface area (Å²) in [5.74, 6) is -0.00769. The molecule has 0 radical (unpaired) electrons. The number of carboxylic acids is 1. The second-order valence-electron chi connectivity index (χ2n) is 10.9. The molecule has 2 atom stereocenters. The summed E-state index contributed by atoms with van der Waals surface area (Å²) in [5, 5.41) is 9.94. The Morgan fingerprint density at radius 1 is 1.06 bits per heavy atom. The lowest BCUT2D eigenvalue weighted by atomic mass is 9.86. The van der Waals surface area contributed by atoms with Crippen LogP contribution in [0.3, 0.4) is 0 Å². The van der Waals surface area contributed by atoms with E-state index >= 15 is 0 Å². The van der Waals surface area contributed by atoms with E-state index in [4.69, 9.17) is 9.47 Å². The van der Waals surface area contributed by atoms with Crippen molar-refractivity contribution in [3.8, 4) is 5.75 Å². The smallest absolute Gasteiger partial charge is 0.410 e. The molecule has 0 unspecified atom stereocenters. The average Bonchev–Trinajstić information content (AvgIpc) is 3.53. The molecule has 35 heavy (non-hydrogen) atoms. The Balaban J connectivity index is 1.31. The van der Waals surface area contributed by atoms with Gasteiger partial charge in [0, 0.05) is 19.5 Å². The van der Waals surface area contributed by atoms with Gasteiger partial charge in [0.15, 0.2) is 0 Å². The van der Waals surface area contributed by atoms with Gasteiger partial charge in [-0.05, 0) is 87.1 Å². The molecule has 0 bridgehead atoms. The number of carboxylic acid groups (broad SMARTS) is 1. The van der Waals surface area contributed by atoms with Crippen molar-refractivity contribution < 1.29 is 24.2 Å². The van der Waals surface area contributed by atoms with Crippen molar-refractivity contribution in [2.24, 2.45) is 11.8 Å². The van der Waals surface area contributed by atoms with E-state index in [2.05, 4.69) is 24.3 Å². The molecule has 4 rings (SSSR count). The Labute approximate surface area is 208 Å². The zero-order valence-electron chi connectivity index (χ0n) is 21.0. The van der Waals surface area contributed by atoms with Crippen LogP contribution in [0, 0.1) is 11.8 Å². The molecule has 1 heterocycles. The first-order chi connectivity index (χ1) is 16.7. The number of carbonyl (C=O) groups excluding carboxylic acids is 1. The van der Waals surface area contributed by atoms with Gasteiger partial charge in [-0.15, -0.1) is 0 Å². The van der Waals surface area contributed by atoms with Crippen molar-refractivity contribution in [2.75, 3.05) is 19.7 Å². The van der Waals surface area contributed by atoms with Gasteiger partial charge in [0.1, 0.15) is 11.4 Å². The van der Waals surface area contributed by atoms with E-state index in [1.165, 1.54) is 24.0 Å². The SMILES string of the molecule is CC(C)(C)OC(=O)N1CC[C@H]([C@H](Cc2cccc(OCCc3cccc(C4CC4)c3)c2)C(=O)O)C1. The second-order valence-corrected chi connectivity index (χ2v) is 10.9. The standard InChI is InChI=1S/C29H37NO5/c1-29(2,3)35-28(33)30-14-12-24(19-30)26(27(31)32)18-21-7-5-9-25(17-21)34-15-13-20-6-4-8-23(16-20)22-10-11-22/h4-9,16-17,22,24,26H,10-15,18-19H2,1-3H3,(H,31,32)/t24-,26-/m0/s1. The molecule has 1 amide bonds. The van der Waals surface area contributed by atoms with Gasteiger partial charge in [-0.3, -0.25) is 4.79 Å². The number of carbonyl (C=O) groups is 2. The van der Waals surface area contributed by atoms with Crippen LogP contribution in [0.5, 0.6) is 5.75 Å². The lowest BCUT2D eigenvalue weighted by Gasteiger charge is -2.25. The zero-order valence-corrected chi connectivity index (χ0v) is 21.0. The highest BCUT2D eigenvalue weighted by atomic mass is 16.6. The van der Waals surface area contributed by atoms with Crippen LogP contribution in [-0.4, -0.2) is 47.4 Å². The molecule has 2 aromatic carbocycles. The Morgan fingerprint density at radius 3 is 2.51 bits per heavy atom. The van der Waals surface area contributed by atoms with Gasteiger partial charge in [-0.25, -0.2) is 4.79 Å². The zero-order chi connectivity index (χ0) is 25.0. The van der Waals surface area contributed by atoms with Crippen LogP contribution in [0.4, 0.5) is 4.79 Å². The Bertz CT molecular complexity index is 1040. The summed E-state index contributed by atoms with van der Waals surface area (Å²) in [7, 11) is 0. The van der Waals surface area contributed by atoms with Crippen LogP contribution in [0.15, 0.2) is 48.5 Å². The maximum absolute atomic E-state index is 12.4. The molecule has 1 saturated heterocycles. The molecule has 0 aromatic heterocycles. The van der Waals surface area contributed by atoms with E-state index in [1.807, 2.05) is 45.0 Å². The number of hydrogen-bond acceptors (Lipinski definition) is 4. The minimum Gasteiger partial charge on any atom is -0.493 e. The molecule has 1 aliphatic carbocycles. The van der Waals surface area contributed by atoms with Crippen molar-refractivity contribution in [3.05, 3.63) is 65.2 Å². The molecule has 2 aromatic rings. The van der Waals surface area contributed by atoms with E-state index in [0.717, 1.165) is 23.7 Å². The number of nitrogens with zero attached hydrogens (tertiary/aromatic N) is 1. The van der Waals surface area contributed by atoms with Crippen molar-refractivity contribution in [2.45, 2.75) is 64.4 Å². The molecular formula is C29H37NO5. The van der Waals surface area contributed by atoms with Crippen LogP contribution in [-0.2, 0) is 22.4 Å². The molecule has 1 aliphatic heterocycles. The third-order valence-electron chi connectivity index (χ3n) is 6.78. The summed E-state index contributed by atoms with van der Waals surface area (Å²) >= 11 is 0. The minimum atomic E-state index is -0.831. The summed E-state index contributed by atoms with van der Waals surface area (Å²) in [5.41, 5.74) is 3.08. The van der Waals surface area contributed by atoms with Crippen LogP contribution >= 0.6 is 0 Å². The van der Waals surface area contributed by atoms with Crippen LogP contribution < -0.4 is 4.74 Å². The summed E-state index contributed by atoms with van der Waals surface area (Å²) in [4.78, 5) is 26.2. The fourth-order valence-electron chi connectivity index (χ4n) is 4.79. The second kappa shape index (κ2) is 10.7. The number of benzene rings is 2. The highest BCUT2D eigenvalue weighted by molar-refractivity contribution is 5.72. The van der Waals surface area contributed by atoms with Gasteiger partial charge >= 0.3 is 12.1 Å².